The zero-order valence-corrected chi connectivity index (χ0v) is 17.9. The van der Waals surface area contributed by atoms with Crippen molar-refractivity contribution in [2.24, 2.45) is 7.05 Å². The average molecular weight is 469 g/mol. The standard InChI is InChI=1S/C23H20F2N6O3/c1-29-11-14-9-17(5-8-19(14)28-29)30-12-15-10-26-22(34-13-20(24)25)27-21(15)31(23(30)32)16-3-6-18(33-2)7-4-16/h3-11,20H,12-13H2,1-2H3/i2D3. The number of halogens is 2. The number of fused-ring (bicyclic) bond motifs is 2. The van der Waals surface area contributed by atoms with E-state index >= 15 is 0 Å². The molecule has 4 aromatic rings. The van der Waals surface area contributed by atoms with Crippen LogP contribution in [-0.2, 0) is 13.6 Å². The molecular formula is C23H20F2N6O3. The van der Waals surface area contributed by atoms with Crippen molar-refractivity contribution in [2.45, 2.75) is 13.0 Å². The molecule has 0 saturated heterocycles. The molecule has 2 aromatic carbocycles. The number of amides is 2. The first kappa shape index (κ1) is 18.2. The number of alkyl halides is 2. The Balaban J connectivity index is 1.56. The van der Waals surface area contributed by atoms with Crippen LogP contribution in [0, 0.1) is 0 Å². The quantitative estimate of drug-likeness (QED) is 0.419. The van der Waals surface area contributed by atoms with Gasteiger partial charge in [0.2, 0.25) is 0 Å². The Morgan fingerprint density at radius 3 is 2.74 bits per heavy atom. The maximum atomic E-state index is 13.8. The number of carbonyl (C=O) groups excluding carboxylic acids is 1. The van der Waals surface area contributed by atoms with E-state index in [0.29, 0.717) is 16.9 Å². The van der Waals surface area contributed by atoms with Gasteiger partial charge in [0.1, 0.15) is 5.75 Å². The molecule has 9 nitrogen and oxygen atoms in total. The van der Waals surface area contributed by atoms with Gasteiger partial charge in [-0.3, -0.25) is 9.58 Å². The van der Waals surface area contributed by atoms with Crippen LogP contribution < -0.4 is 19.3 Å². The van der Waals surface area contributed by atoms with Crippen molar-refractivity contribution in [3.63, 3.8) is 0 Å². The van der Waals surface area contributed by atoms with Crippen molar-refractivity contribution >= 4 is 34.1 Å². The van der Waals surface area contributed by atoms with E-state index < -0.39 is 26.1 Å². The number of nitrogens with zero attached hydrogens (tertiary/aromatic N) is 6. The van der Waals surface area contributed by atoms with Gasteiger partial charge in [-0.2, -0.15) is 10.1 Å². The van der Waals surface area contributed by atoms with Crippen LogP contribution in [0.2, 0.25) is 0 Å². The largest absolute Gasteiger partial charge is 0.497 e. The topological polar surface area (TPSA) is 85.6 Å². The first-order chi connectivity index (χ1) is 17.6. The van der Waals surface area contributed by atoms with Crippen LogP contribution in [0.25, 0.3) is 10.9 Å². The molecule has 5 rings (SSSR count). The van der Waals surface area contributed by atoms with Crippen molar-refractivity contribution in [2.75, 3.05) is 23.4 Å². The summed E-state index contributed by atoms with van der Waals surface area (Å²) in [5, 5.41) is 5.19. The number of urea groups is 1. The van der Waals surface area contributed by atoms with Gasteiger partial charge in [0.05, 0.1) is 28.9 Å². The van der Waals surface area contributed by atoms with Gasteiger partial charge in [-0.15, -0.1) is 0 Å². The van der Waals surface area contributed by atoms with E-state index in [1.54, 1.807) is 23.9 Å². The Labute approximate surface area is 197 Å². The van der Waals surface area contributed by atoms with Crippen molar-refractivity contribution in [1.82, 2.24) is 19.7 Å². The van der Waals surface area contributed by atoms with E-state index in [0.717, 1.165) is 10.9 Å². The van der Waals surface area contributed by atoms with Gasteiger partial charge in [0.25, 0.3) is 6.43 Å². The second-order valence-electron chi connectivity index (χ2n) is 7.55. The number of ether oxygens (including phenoxy) is 2. The summed E-state index contributed by atoms with van der Waals surface area (Å²) in [5.41, 5.74) is 2.25. The number of methoxy groups -OCH3 is 1. The Kier molecular flexibility index (Phi) is 4.59. The lowest BCUT2D eigenvalue weighted by Crippen LogP contribution is -2.45. The fourth-order valence-corrected chi connectivity index (χ4v) is 3.75. The minimum Gasteiger partial charge on any atom is -0.497 e. The van der Waals surface area contributed by atoms with Crippen LogP contribution in [0.15, 0.2) is 54.9 Å². The third-order valence-corrected chi connectivity index (χ3v) is 5.25. The van der Waals surface area contributed by atoms with E-state index in [-0.39, 0.29) is 24.1 Å². The number of anilines is 3. The maximum absolute atomic E-state index is 13.8. The summed E-state index contributed by atoms with van der Waals surface area (Å²) in [6.07, 6.45) is 0.531. The number of hydrogen-bond acceptors (Lipinski definition) is 6. The average Bonchev–Trinajstić information content (AvgIpc) is 3.21. The highest BCUT2D eigenvalue weighted by atomic mass is 19.3. The second-order valence-corrected chi connectivity index (χ2v) is 7.55. The first-order valence-corrected chi connectivity index (χ1v) is 10.2. The summed E-state index contributed by atoms with van der Waals surface area (Å²) in [4.78, 5) is 24.9. The van der Waals surface area contributed by atoms with Crippen LogP contribution in [0.4, 0.5) is 30.8 Å². The van der Waals surface area contributed by atoms with Crippen LogP contribution in [-0.4, -0.2) is 45.8 Å². The third-order valence-electron chi connectivity index (χ3n) is 5.25. The normalized spacial score (nSPS) is 15.2. The Morgan fingerprint density at radius 2 is 1.97 bits per heavy atom. The minimum atomic E-state index is -2.72. The lowest BCUT2D eigenvalue weighted by molar-refractivity contribution is 0.0770. The Hall–Kier alpha value is -4.28. The van der Waals surface area contributed by atoms with Crippen molar-refractivity contribution in [1.29, 1.82) is 0 Å². The minimum absolute atomic E-state index is 0.0796. The number of carbonyl (C=O) groups is 1. The fourth-order valence-electron chi connectivity index (χ4n) is 3.75. The number of benzene rings is 2. The molecule has 0 saturated carbocycles. The summed E-state index contributed by atoms with van der Waals surface area (Å²) < 4.78 is 58.7. The van der Waals surface area contributed by atoms with Gasteiger partial charge in [-0.1, -0.05) is 0 Å². The molecule has 0 radical (unpaired) electrons. The maximum Gasteiger partial charge on any atom is 0.335 e. The van der Waals surface area contributed by atoms with E-state index in [2.05, 4.69) is 15.1 Å². The predicted octanol–water partition coefficient (Wildman–Crippen LogP) is 4.29. The molecule has 2 amide bonds. The molecule has 3 heterocycles. The van der Waals surface area contributed by atoms with Gasteiger partial charge >= 0.3 is 12.0 Å². The van der Waals surface area contributed by atoms with Crippen molar-refractivity contribution < 1.29 is 27.2 Å². The van der Waals surface area contributed by atoms with Crippen LogP contribution in [0.1, 0.15) is 9.68 Å². The predicted molar refractivity (Wildman–Crippen MR) is 121 cm³/mol. The second kappa shape index (κ2) is 8.58. The monoisotopic (exact) mass is 469 g/mol. The highest BCUT2D eigenvalue weighted by Gasteiger charge is 2.34. The van der Waals surface area contributed by atoms with Gasteiger partial charge in [0.15, 0.2) is 12.4 Å². The Bertz CT molecular complexity index is 1460. The summed E-state index contributed by atoms with van der Waals surface area (Å²) >= 11 is 0. The summed E-state index contributed by atoms with van der Waals surface area (Å²) in [6.45, 7) is -0.781. The molecule has 174 valence electrons. The fraction of sp³-hybridized carbons (Fsp3) is 0.217. The molecule has 1 aliphatic rings. The van der Waals surface area contributed by atoms with Gasteiger partial charge in [0, 0.05) is 36.1 Å². The van der Waals surface area contributed by atoms with Gasteiger partial charge in [-0.25, -0.2) is 23.5 Å². The van der Waals surface area contributed by atoms with Gasteiger partial charge in [-0.05, 0) is 42.5 Å². The molecule has 1 aliphatic heterocycles. The lowest BCUT2D eigenvalue weighted by atomic mass is 10.1. The molecule has 0 aliphatic carbocycles. The van der Waals surface area contributed by atoms with E-state index in [1.807, 2.05) is 12.3 Å². The zero-order valence-electron chi connectivity index (χ0n) is 20.9. The molecule has 0 spiro atoms. The molecule has 0 unspecified atom stereocenters. The first-order valence-electron chi connectivity index (χ1n) is 11.7. The van der Waals surface area contributed by atoms with E-state index in [1.165, 1.54) is 40.3 Å². The summed E-state index contributed by atoms with van der Waals surface area (Å²) in [6, 6.07) is 10.4. The molecule has 0 bridgehead atoms. The molecule has 11 heteroatoms. The molecule has 2 aromatic heterocycles. The summed E-state index contributed by atoms with van der Waals surface area (Å²) in [7, 11) is -0.838. The smallest absolute Gasteiger partial charge is 0.335 e. The molecular weight excluding hydrogens is 446 g/mol. The SMILES string of the molecule is [2H]C([2H])([2H])Oc1ccc(N2C(=O)N(c3ccc4nn(C)cc4c3)Cc3cnc(OCC(F)F)nc32)cc1. The zero-order chi connectivity index (χ0) is 26.3. The number of aromatic nitrogens is 4. The summed E-state index contributed by atoms with van der Waals surface area (Å²) in [5.74, 6) is 0.239. The number of hydrogen-bond donors (Lipinski definition) is 0. The van der Waals surface area contributed by atoms with E-state index in [9.17, 15) is 13.6 Å². The number of aryl methyl sites for hydroxylation is 1. The van der Waals surface area contributed by atoms with Crippen molar-refractivity contribution in [3.8, 4) is 11.8 Å². The molecule has 0 atom stereocenters. The third kappa shape index (κ3) is 3.96. The highest BCUT2D eigenvalue weighted by molar-refractivity contribution is 6.10. The van der Waals surface area contributed by atoms with Crippen LogP contribution in [0.3, 0.4) is 0 Å². The lowest BCUT2D eigenvalue weighted by Gasteiger charge is -2.36. The van der Waals surface area contributed by atoms with Gasteiger partial charge < -0.3 is 9.47 Å². The van der Waals surface area contributed by atoms with E-state index in [4.69, 9.17) is 13.6 Å². The van der Waals surface area contributed by atoms with Crippen molar-refractivity contribution in [3.05, 3.63) is 60.4 Å². The van der Waals surface area contributed by atoms with Crippen LogP contribution in [0.5, 0.6) is 11.8 Å². The molecule has 0 fully saturated rings. The molecule has 34 heavy (non-hydrogen) atoms. The highest BCUT2D eigenvalue weighted by Crippen LogP contribution is 2.37. The Morgan fingerprint density at radius 1 is 1.18 bits per heavy atom. The molecule has 0 N–H and O–H groups in total. The number of rotatable bonds is 6. The van der Waals surface area contributed by atoms with Crippen LogP contribution >= 0.6 is 0 Å².